The van der Waals surface area contributed by atoms with Crippen molar-refractivity contribution in [1.82, 2.24) is 4.90 Å². The maximum atomic E-state index is 12.7. The predicted molar refractivity (Wildman–Crippen MR) is 92.1 cm³/mol. The van der Waals surface area contributed by atoms with Crippen molar-refractivity contribution in [2.24, 2.45) is 17.6 Å². The number of carbonyl (C=O) groups excluding carboxylic acids is 1. The summed E-state index contributed by atoms with van der Waals surface area (Å²) in [6, 6.07) is 10.6. The van der Waals surface area contributed by atoms with E-state index in [-0.39, 0.29) is 23.7 Å². The summed E-state index contributed by atoms with van der Waals surface area (Å²) in [4.78, 5) is 14.7. The molecular formula is C18H27ClN2O. The van der Waals surface area contributed by atoms with Crippen LogP contribution in [0, 0.1) is 11.8 Å². The Balaban J connectivity index is 0.00000176. The average molecular weight is 323 g/mol. The van der Waals surface area contributed by atoms with Gasteiger partial charge in [0, 0.05) is 25.6 Å². The van der Waals surface area contributed by atoms with Crippen LogP contribution in [0.25, 0.3) is 0 Å². The van der Waals surface area contributed by atoms with Crippen LogP contribution < -0.4 is 5.73 Å². The highest BCUT2D eigenvalue weighted by atomic mass is 35.5. The van der Waals surface area contributed by atoms with Crippen LogP contribution in [0.3, 0.4) is 0 Å². The number of benzene rings is 1. The Labute approximate surface area is 139 Å². The number of hydrogen-bond donors (Lipinski definition) is 1. The second kappa shape index (κ2) is 6.59. The van der Waals surface area contributed by atoms with Crippen molar-refractivity contribution in [3.63, 3.8) is 0 Å². The van der Waals surface area contributed by atoms with Gasteiger partial charge in [0.1, 0.15) is 0 Å². The number of hydrogen-bond acceptors (Lipinski definition) is 2. The third kappa shape index (κ3) is 3.31. The molecule has 0 spiro atoms. The Hall–Kier alpha value is -1.06. The minimum Gasteiger partial charge on any atom is -0.342 e. The van der Waals surface area contributed by atoms with E-state index in [0.717, 1.165) is 19.5 Å². The van der Waals surface area contributed by atoms with Crippen molar-refractivity contribution in [1.29, 1.82) is 0 Å². The number of likely N-dealkylation sites (tertiary alicyclic amines) is 1. The number of nitrogens with two attached hydrogens (primary N) is 1. The smallest absolute Gasteiger partial charge is 0.223 e. The summed E-state index contributed by atoms with van der Waals surface area (Å²) in [5, 5.41) is 0. The molecule has 1 aromatic rings. The number of fused-ring (bicyclic) bond motifs is 1. The van der Waals surface area contributed by atoms with Gasteiger partial charge < -0.3 is 10.6 Å². The lowest BCUT2D eigenvalue weighted by atomic mass is 9.81. The number of rotatable bonds is 3. The van der Waals surface area contributed by atoms with E-state index in [2.05, 4.69) is 30.9 Å². The Bertz CT molecular complexity index is 517. The van der Waals surface area contributed by atoms with Crippen LogP contribution in [0.2, 0.25) is 0 Å². The minimum absolute atomic E-state index is 0. The Morgan fingerprint density at radius 3 is 2.55 bits per heavy atom. The lowest BCUT2D eigenvalue weighted by Gasteiger charge is -2.28. The minimum atomic E-state index is -0.113. The molecule has 1 saturated carbocycles. The maximum absolute atomic E-state index is 12.7. The normalized spacial score (nSPS) is 27.4. The molecular weight excluding hydrogens is 296 g/mol. The molecule has 1 aliphatic carbocycles. The monoisotopic (exact) mass is 322 g/mol. The van der Waals surface area contributed by atoms with Crippen molar-refractivity contribution >= 4 is 18.3 Å². The molecule has 3 rings (SSSR count). The predicted octanol–water partition coefficient (Wildman–Crippen LogP) is 2.97. The molecule has 4 heteroatoms. The number of carbonyl (C=O) groups is 1. The summed E-state index contributed by atoms with van der Waals surface area (Å²) in [5.41, 5.74) is 7.28. The van der Waals surface area contributed by atoms with Crippen LogP contribution in [0.5, 0.6) is 0 Å². The topological polar surface area (TPSA) is 46.3 Å². The van der Waals surface area contributed by atoms with Gasteiger partial charge in [0.15, 0.2) is 0 Å². The van der Waals surface area contributed by atoms with E-state index in [9.17, 15) is 4.79 Å². The van der Waals surface area contributed by atoms with Crippen molar-refractivity contribution in [3.8, 4) is 0 Å². The molecule has 0 bridgehead atoms. The van der Waals surface area contributed by atoms with Gasteiger partial charge in [-0.1, -0.05) is 44.2 Å². The highest BCUT2D eigenvalue weighted by molar-refractivity contribution is 5.85. The van der Waals surface area contributed by atoms with Gasteiger partial charge in [-0.2, -0.15) is 0 Å². The molecule has 3 atom stereocenters. The fraction of sp³-hybridized carbons (Fsp3) is 0.611. The van der Waals surface area contributed by atoms with Gasteiger partial charge in [-0.3, -0.25) is 4.79 Å². The second-order valence-electron chi connectivity index (χ2n) is 7.39. The summed E-state index contributed by atoms with van der Waals surface area (Å²) in [7, 11) is 0. The van der Waals surface area contributed by atoms with Crippen LogP contribution in [0.1, 0.15) is 38.7 Å². The van der Waals surface area contributed by atoms with E-state index in [4.69, 9.17) is 5.73 Å². The molecule has 2 fully saturated rings. The second-order valence-corrected chi connectivity index (χ2v) is 7.39. The Kier molecular flexibility index (Phi) is 5.18. The third-order valence-electron chi connectivity index (χ3n) is 5.41. The molecule has 2 aliphatic rings. The van der Waals surface area contributed by atoms with Crippen molar-refractivity contribution in [2.45, 2.75) is 44.6 Å². The third-order valence-corrected chi connectivity index (χ3v) is 5.41. The molecule has 1 saturated heterocycles. The molecule has 3 nitrogen and oxygen atoms in total. The molecule has 122 valence electrons. The lowest BCUT2D eigenvalue weighted by Crippen LogP contribution is -2.36. The number of halogens is 1. The van der Waals surface area contributed by atoms with Crippen LogP contribution in [0.4, 0.5) is 0 Å². The van der Waals surface area contributed by atoms with Gasteiger partial charge in [0.2, 0.25) is 5.91 Å². The number of nitrogens with zero attached hydrogens (tertiary/aromatic N) is 1. The van der Waals surface area contributed by atoms with Gasteiger partial charge in [-0.05, 0) is 35.7 Å². The summed E-state index contributed by atoms with van der Waals surface area (Å²) in [6.45, 7) is 6.10. The van der Waals surface area contributed by atoms with Crippen LogP contribution in [0.15, 0.2) is 30.3 Å². The summed E-state index contributed by atoms with van der Waals surface area (Å²) in [6.07, 6.45) is 2.90. The van der Waals surface area contributed by atoms with Crippen LogP contribution in [-0.4, -0.2) is 29.9 Å². The largest absolute Gasteiger partial charge is 0.342 e. The average Bonchev–Trinajstić information content (AvgIpc) is 3.02. The summed E-state index contributed by atoms with van der Waals surface area (Å²) >= 11 is 0. The molecule has 2 N–H and O–H groups in total. The molecule has 0 aromatic heterocycles. The van der Waals surface area contributed by atoms with E-state index in [1.807, 2.05) is 18.2 Å². The van der Waals surface area contributed by atoms with Crippen LogP contribution >= 0.6 is 12.4 Å². The number of amides is 1. The van der Waals surface area contributed by atoms with Gasteiger partial charge in [0.25, 0.3) is 0 Å². The maximum Gasteiger partial charge on any atom is 0.223 e. The molecule has 0 radical (unpaired) electrons. The van der Waals surface area contributed by atoms with Crippen LogP contribution in [-0.2, 0) is 10.2 Å². The van der Waals surface area contributed by atoms with Gasteiger partial charge in [-0.15, -0.1) is 12.4 Å². The Morgan fingerprint density at radius 2 is 1.91 bits per heavy atom. The molecule has 1 amide bonds. The fourth-order valence-corrected chi connectivity index (χ4v) is 3.99. The molecule has 1 heterocycles. The van der Waals surface area contributed by atoms with Gasteiger partial charge >= 0.3 is 0 Å². The quantitative estimate of drug-likeness (QED) is 0.930. The summed E-state index contributed by atoms with van der Waals surface area (Å²) in [5.74, 6) is 1.46. The van der Waals surface area contributed by atoms with E-state index >= 15 is 0 Å². The SMILES string of the molecule is CC(C)(CC(=O)N1CC2CCC(N)C2C1)c1ccccc1.Cl. The van der Waals surface area contributed by atoms with Crippen molar-refractivity contribution < 1.29 is 4.79 Å². The van der Waals surface area contributed by atoms with Crippen molar-refractivity contribution in [3.05, 3.63) is 35.9 Å². The first-order valence-electron chi connectivity index (χ1n) is 8.06. The Morgan fingerprint density at radius 1 is 1.23 bits per heavy atom. The molecule has 22 heavy (non-hydrogen) atoms. The van der Waals surface area contributed by atoms with Crippen molar-refractivity contribution in [2.75, 3.05) is 13.1 Å². The summed E-state index contributed by atoms with van der Waals surface area (Å²) < 4.78 is 0. The zero-order valence-electron chi connectivity index (χ0n) is 13.5. The fourth-order valence-electron chi connectivity index (χ4n) is 3.99. The highest BCUT2D eigenvalue weighted by Gasteiger charge is 2.43. The van der Waals surface area contributed by atoms with E-state index in [1.165, 1.54) is 12.0 Å². The van der Waals surface area contributed by atoms with Gasteiger partial charge in [0.05, 0.1) is 0 Å². The highest BCUT2D eigenvalue weighted by Crippen LogP contribution is 2.38. The standard InChI is InChI=1S/C18H26N2O.ClH/c1-18(2,14-6-4-3-5-7-14)10-17(21)20-11-13-8-9-16(19)15(13)12-20;/h3-7,13,15-16H,8-12,19H2,1-2H3;1H. The molecule has 1 aromatic carbocycles. The van der Waals surface area contributed by atoms with E-state index in [1.54, 1.807) is 0 Å². The first kappa shape index (κ1) is 17.3. The first-order valence-corrected chi connectivity index (χ1v) is 8.06. The van der Waals surface area contributed by atoms with Gasteiger partial charge in [-0.25, -0.2) is 0 Å². The first-order chi connectivity index (χ1) is 9.97. The molecule has 1 aliphatic heterocycles. The molecule has 3 unspecified atom stereocenters. The lowest BCUT2D eigenvalue weighted by molar-refractivity contribution is -0.131. The van der Waals surface area contributed by atoms with E-state index in [0.29, 0.717) is 24.3 Å². The zero-order valence-corrected chi connectivity index (χ0v) is 14.3. The zero-order chi connectivity index (χ0) is 15.0. The van der Waals surface area contributed by atoms with E-state index < -0.39 is 0 Å².